The molecule has 7 aromatic rings. The van der Waals surface area contributed by atoms with Gasteiger partial charge in [0.25, 0.3) is 5.91 Å². The minimum Gasteiger partial charge on any atom is -0.508 e. The van der Waals surface area contributed by atoms with E-state index in [0.717, 1.165) is 45.0 Å². The van der Waals surface area contributed by atoms with Crippen LogP contribution in [0.25, 0.3) is 21.9 Å². The number of phenolic OH excluding ortho intramolecular Hbond substituents is 1. The number of nitrogens with one attached hydrogen (secondary N) is 3. The van der Waals surface area contributed by atoms with Gasteiger partial charge in [0.15, 0.2) is 5.78 Å². The smallest absolute Gasteiger partial charge is 0.258 e. The van der Waals surface area contributed by atoms with Gasteiger partial charge in [0.05, 0.1) is 81.5 Å². The van der Waals surface area contributed by atoms with Crippen LogP contribution in [0, 0.1) is 17.2 Å². The van der Waals surface area contributed by atoms with Crippen LogP contribution in [0.1, 0.15) is 75.7 Å². The van der Waals surface area contributed by atoms with Crippen molar-refractivity contribution < 1.29 is 48.0 Å². The monoisotopic (exact) mass is 1150 g/mol. The number of aromatic hydroxyl groups is 1. The topological polar surface area (TPSA) is 212 Å². The average molecular weight is 1150 g/mol. The summed E-state index contributed by atoms with van der Waals surface area (Å²) in [6, 6.07) is 48.9. The van der Waals surface area contributed by atoms with Crippen molar-refractivity contribution in [1.82, 2.24) is 20.9 Å². The number of carbonyl (C=O) groups is 5. The van der Waals surface area contributed by atoms with E-state index < -0.39 is 23.9 Å². The molecule has 85 heavy (non-hydrogen) atoms. The van der Waals surface area contributed by atoms with Gasteiger partial charge in [0, 0.05) is 42.9 Å². The number of nitriles is 1. The molecule has 0 bridgehead atoms. The molecule has 0 saturated heterocycles. The molecular weight excluding hydrogens is 1070 g/mol. The van der Waals surface area contributed by atoms with Gasteiger partial charge in [0.1, 0.15) is 30.5 Å². The van der Waals surface area contributed by atoms with Crippen molar-refractivity contribution >= 4 is 62.7 Å². The fourth-order valence-corrected chi connectivity index (χ4v) is 10.3. The van der Waals surface area contributed by atoms with Crippen LogP contribution in [0.4, 0.5) is 11.4 Å². The summed E-state index contributed by atoms with van der Waals surface area (Å²) in [5, 5.41) is 30.8. The average Bonchev–Trinajstić information content (AvgIpc) is 2.43. The van der Waals surface area contributed by atoms with Gasteiger partial charge in [-0.2, -0.15) is 5.26 Å². The molecule has 0 fully saturated rings. The number of ether oxygens (including phenoxy) is 4. The second-order valence-electron chi connectivity index (χ2n) is 20.6. The Labute approximate surface area is 496 Å². The number of ketones is 1. The number of amides is 4. The Morgan fingerprint density at radius 1 is 0.765 bits per heavy atom. The van der Waals surface area contributed by atoms with Crippen molar-refractivity contribution in [3.63, 3.8) is 0 Å². The third-order valence-electron chi connectivity index (χ3n) is 15.3. The van der Waals surface area contributed by atoms with Gasteiger partial charge in [0.2, 0.25) is 17.7 Å². The molecule has 8 rings (SSSR count). The summed E-state index contributed by atoms with van der Waals surface area (Å²) in [6.07, 6.45) is 0.806. The summed E-state index contributed by atoms with van der Waals surface area (Å²) in [4.78, 5) is 74.0. The fourth-order valence-electron chi connectivity index (χ4n) is 10.3. The van der Waals surface area contributed by atoms with Gasteiger partial charge in [-0.15, -0.1) is 0 Å². The number of carbonyl (C=O) groups excluding carboxylic acids is 5. The van der Waals surface area contributed by atoms with E-state index in [1.165, 1.54) is 10.5 Å². The molecule has 1 aliphatic heterocycles. The molecule has 0 spiro atoms. The number of hydrogen-bond acceptors (Lipinski definition) is 13. The van der Waals surface area contributed by atoms with Crippen molar-refractivity contribution in [3.05, 3.63) is 197 Å². The van der Waals surface area contributed by atoms with Crippen molar-refractivity contribution in [2.24, 2.45) is 5.92 Å². The maximum Gasteiger partial charge on any atom is 0.258 e. The Balaban J connectivity index is 0.806. The zero-order chi connectivity index (χ0) is 60.4. The summed E-state index contributed by atoms with van der Waals surface area (Å²) in [5.74, 6) is -1.05. The Kier molecular flexibility index (Phi) is 21.8. The number of allylic oxidation sites excluding steroid dienone is 1. The highest BCUT2D eigenvalue weighted by molar-refractivity contribution is 6.13. The molecular formula is C68H73N7O10. The number of phenols is 1. The summed E-state index contributed by atoms with van der Waals surface area (Å²) < 4.78 is 23.1. The van der Waals surface area contributed by atoms with Crippen LogP contribution in [0.15, 0.2) is 158 Å². The highest BCUT2D eigenvalue weighted by atomic mass is 16.5. The van der Waals surface area contributed by atoms with E-state index in [2.05, 4.69) is 41.1 Å². The van der Waals surface area contributed by atoms with Crippen LogP contribution in [-0.2, 0) is 30.4 Å². The zero-order valence-electron chi connectivity index (χ0n) is 48.9. The molecule has 3 atom stereocenters. The molecule has 0 aromatic heterocycles. The van der Waals surface area contributed by atoms with Crippen molar-refractivity contribution in [2.45, 2.75) is 45.8 Å². The second-order valence-corrected chi connectivity index (χ2v) is 20.6. The summed E-state index contributed by atoms with van der Waals surface area (Å²) in [7, 11) is 4.93. The Hall–Kier alpha value is -9.18. The number of methoxy groups -OCH3 is 1. The van der Waals surface area contributed by atoms with Gasteiger partial charge in [-0.25, -0.2) is 0 Å². The Morgan fingerprint density at radius 2 is 1.44 bits per heavy atom. The van der Waals surface area contributed by atoms with Crippen molar-refractivity contribution in [1.29, 1.82) is 5.26 Å². The van der Waals surface area contributed by atoms with Crippen LogP contribution in [0.3, 0.4) is 0 Å². The van der Waals surface area contributed by atoms with Gasteiger partial charge >= 0.3 is 0 Å². The van der Waals surface area contributed by atoms with Crippen LogP contribution in [0.5, 0.6) is 17.2 Å². The van der Waals surface area contributed by atoms with E-state index in [1.807, 2.05) is 91.0 Å². The van der Waals surface area contributed by atoms with E-state index in [9.17, 15) is 29.5 Å². The largest absolute Gasteiger partial charge is 0.508 e. The minimum atomic E-state index is -0.942. The Morgan fingerprint density at radius 3 is 2.13 bits per heavy atom. The third kappa shape index (κ3) is 15.3. The molecule has 0 saturated carbocycles. The Bertz CT molecular complexity index is 3530. The van der Waals surface area contributed by atoms with Gasteiger partial charge in [-0.3, -0.25) is 24.0 Å². The lowest BCUT2D eigenvalue weighted by molar-refractivity contribution is -0.135. The first-order valence-corrected chi connectivity index (χ1v) is 28.5. The number of likely N-dealkylation sites (N-methyl/N-ethyl adjacent to an activating group) is 2. The molecule has 440 valence electrons. The van der Waals surface area contributed by atoms with Crippen LogP contribution in [-0.4, -0.2) is 132 Å². The molecule has 4 amide bonds. The van der Waals surface area contributed by atoms with E-state index in [-0.39, 0.29) is 93.0 Å². The molecule has 7 aromatic carbocycles. The lowest BCUT2D eigenvalue weighted by Crippen LogP contribution is -2.52. The molecule has 0 radical (unpaired) electrons. The number of anilines is 2. The number of fused-ring (bicyclic) bond motifs is 2. The van der Waals surface area contributed by atoms with Gasteiger partial charge in [-0.1, -0.05) is 104 Å². The van der Waals surface area contributed by atoms with Crippen LogP contribution < -0.4 is 35.2 Å². The van der Waals surface area contributed by atoms with Crippen molar-refractivity contribution in [2.75, 3.05) is 90.2 Å². The maximum absolute atomic E-state index is 15.1. The number of nitrogens with zero attached hydrogens (tertiary/aromatic N) is 4. The number of Topliss-reactive ketones (excluding diaryl/α,β-unsaturated/α-hetero) is 1. The first-order chi connectivity index (χ1) is 41.2. The summed E-state index contributed by atoms with van der Waals surface area (Å²) in [6.45, 7) is 7.16. The molecule has 0 aliphatic carbocycles. The summed E-state index contributed by atoms with van der Waals surface area (Å²) >= 11 is 0. The number of hydrogen-bond donors (Lipinski definition) is 4. The van der Waals surface area contributed by atoms with Gasteiger partial charge in [-0.05, 0) is 127 Å². The zero-order valence-corrected chi connectivity index (χ0v) is 48.9. The normalized spacial score (nSPS) is 14.6. The molecule has 4 N–H and O–H groups in total. The van der Waals surface area contributed by atoms with Gasteiger partial charge < -0.3 is 54.7 Å². The highest BCUT2D eigenvalue weighted by Gasteiger charge is 2.42. The first-order valence-electron chi connectivity index (χ1n) is 28.5. The molecule has 0 unspecified atom stereocenters. The predicted octanol–water partition coefficient (Wildman–Crippen LogP) is 9.06. The number of rotatable bonds is 27. The fraction of sp³-hybridized carbons (Fsp3) is 0.294. The molecule has 17 heteroatoms. The molecule has 1 aliphatic rings. The molecule has 17 nitrogen and oxygen atoms in total. The van der Waals surface area contributed by atoms with Crippen LogP contribution >= 0.6 is 0 Å². The SMILES string of the molecule is CC/C(=C(\c1ccc(O)cc1)c1ccc(OCCN(C)C(=O)COCCOCCNCC(=O)c2ccc(C(=O)N3c4cc(C#N)ccc4N(Cc4c(OC)ccc5ccccc45)C(=O)[C@@H](CNC(=O)[C@H](C)NC)[C@@H]3C)cc2)cc1)c1ccccc1. The van der Waals surface area contributed by atoms with Crippen molar-refractivity contribution in [3.8, 4) is 23.3 Å². The lowest BCUT2D eigenvalue weighted by Gasteiger charge is -2.32. The van der Waals surface area contributed by atoms with Crippen LogP contribution in [0.2, 0.25) is 0 Å². The van der Waals surface area contributed by atoms with E-state index >= 15 is 4.79 Å². The van der Waals surface area contributed by atoms with E-state index in [1.54, 1.807) is 99.4 Å². The highest BCUT2D eigenvalue weighted by Crippen LogP contribution is 2.42. The first kappa shape index (κ1) is 61.9. The molecule has 1 heterocycles. The quantitative estimate of drug-likeness (QED) is 0.0215. The van der Waals surface area contributed by atoms with E-state index in [0.29, 0.717) is 41.5 Å². The van der Waals surface area contributed by atoms with E-state index in [4.69, 9.17) is 18.9 Å². The summed E-state index contributed by atoms with van der Waals surface area (Å²) in [5.41, 5.74) is 7.74. The lowest BCUT2D eigenvalue weighted by atomic mass is 9.88. The number of benzene rings is 7. The second kappa shape index (κ2) is 29.9. The predicted molar refractivity (Wildman–Crippen MR) is 330 cm³/mol. The standard InChI is InChI=1S/C68H73N7O10/c1-7-56(48-13-9-8-10-14-48)65(51-22-27-54(76)28-23-51)52-24-29-55(30-25-52)85-36-34-73(5)64(78)44-84-38-37-83-35-33-71-42-62(77)50-18-20-53(21-19-50)67(80)75-46(3)58(41-72-66(79)45(2)70-4)68(81)74(60-31-17-47(40-69)39-61(60)75)43-59-57-16-12-11-15-49(57)26-32-63(59)82-6/h8-32,39,45-46,58,70-71,76H,7,33-38,41-44H2,1-6H3,(H,72,79)/b65-56-/t45-,46-,58-/m0/s1. The maximum atomic E-state index is 15.1. The third-order valence-corrected chi connectivity index (χ3v) is 15.3. The minimum absolute atomic E-state index is 0.00331.